The number of nitrogens with zero attached hydrogens (tertiary/aromatic N) is 3. The standard InChI is InChI=1S/C13H22N4O/c1-10-12(14-2)15-9-16-13(10)17(3)7-11-5-4-6-18-8-11/h9,11H,4-8H2,1-3H3,(H,14,15,16). The number of rotatable bonds is 4. The van der Waals surface area contributed by atoms with Crippen molar-refractivity contribution in [1.82, 2.24) is 9.97 Å². The van der Waals surface area contributed by atoms with Crippen LogP contribution in [0.15, 0.2) is 6.33 Å². The van der Waals surface area contributed by atoms with Gasteiger partial charge >= 0.3 is 0 Å². The summed E-state index contributed by atoms with van der Waals surface area (Å²) < 4.78 is 5.52. The van der Waals surface area contributed by atoms with Gasteiger partial charge in [0.25, 0.3) is 0 Å². The van der Waals surface area contributed by atoms with Gasteiger partial charge in [-0.1, -0.05) is 0 Å². The first-order valence-corrected chi connectivity index (χ1v) is 6.50. The van der Waals surface area contributed by atoms with Gasteiger partial charge in [-0.05, 0) is 25.7 Å². The number of anilines is 2. The van der Waals surface area contributed by atoms with Gasteiger partial charge in [-0.2, -0.15) is 0 Å². The molecule has 1 unspecified atom stereocenters. The monoisotopic (exact) mass is 250 g/mol. The zero-order chi connectivity index (χ0) is 13.0. The molecule has 0 radical (unpaired) electrons. The Balaban J connectivity index is 2.05. The van der Waals surface area contributed by atoms with Crippen molar-refractivity contribution in [2.45, 2.75) is 19.8 Å². The Hall–Kier alpha value is -1.36. The second-order valence-electron chi connectivity index (χ2n) is 4.88. The largest absolute Gasteiger partial charge is 0.381 e. The number of nitrogens with one attached hydrogen (secondary N) is 1. The first kappa shape index (κ1) is 13.1. The molecule has 100 valence electrons. The van der Waals surface area contributed by atoms with E-state index < -0.39 is 0 Å². The molecule has 0 saturated carbocycles. The highest BCUT2D eigenvalue weighted by atomic mass is 16.5. The van der Waals surface area contributed by atoms with Crippen molar-refractivity contribution >= 4 is 11.6 Å². The fraction of sp³-hybridized carbons (Fsp3) is 0.692. The summed E-state index contributed by atoms with van der Waals surface area (Å²) in [5.41, 5.74) is 1.10. The van der Waals surface area contributed by atoms with Gasteiger partial charge in [0.05, 0.1) is 6.61 Å². The second-order valence-corrected chi connectivity index (χ2v) is 4.88. The molecule has 1 aromatic rings. The van der Waals surface area contributed by atoms with Crippen LogP contribution in [-0.4, -0.2) is 43.8 Å². The van der Waals surface area contributed by atoms with Gasteiger partial charge in [-0.25, -0.2) is 9.97 Å². The van der Waals surface area contributed by atoms with E-state index in [1.807, 2.05) is 7.05 Å². The zero-order valence-electron chi connectivity index (χ0n) is 11.4. The summed E-state index contributed by atoms with van der Waals surface area (Å²) >= 11 is 0. The summed E-state index contributed by atoms with van der Waals surface area (Å²) in [5, 5.41) is 3.09. The molecule has 1 aliphatic heterocycles. The summed E-state index contributed by atoms with van der Waals surface area (Å²) in [6, 6.07) is 0. The van der Waals surface area contributed by atoms with E-state index in [4.69, 9.17) is 4.74 Å². The van der Waals surface area contributed by atoms with Gasteiger partial charge in [0.1, 0.15) is 18.0 Å². The van der Waals surface area contributed by atoms with E-state index in [1.54, 1.807) is 6.33 Å². The molecule has 1 aromatic heterocycles. The molecule has 18 heavy (non-hydrogen) atoms. The molecular weight excluding hydrogens is 228 g/mol. The Kier molecular flexibility index (Phi) is 4.36. The van der Waals surface area contributed by atoms with Gasteiger partial charge < -0.3 is 15.0 Å². The highest BCUT2D eigenvalue weighted by Crippen LogP contribution is 2.23. The minimum atomic E-state index is 0.608. The van der Waals surface area contributed by atoms with Crippen LogP contribution in [0.2, 0.25) is 0 Å². The Labute approximate surface area is 109 Å². The smallest absolute Gasteiger partial charge is 0.136 e. The molecule has 0 aromatic carbocycles. The molecule has 5 heteroatoms. The molecule has 2 heterocycles. The molecule has 1 atom stereocenters. The lowest BCUT2D eigenvalue weighted by Crippen LogP contribution is -2.31. The van der Waals surface area contributed by atoms with Crippen LogP contribution in [0.4, 0.5) is 11.6 Å². The summed E-state index contributed by atoms with van der Waals surface area (Å²) in [4.78, 5) is 10.8. The van der Waals surface area contributed by atoms with Crippen molar-refractivity contribution in [3.8, 4) is 0 Å². The predicted octanol–water partition coefficient (Wildman–Crippen LogP) is 1.69. The normalized spacial score (nSPS) is 19.6. The third-order valence-electron chi connectivity index (χ3n) is 3.44. The molecule has 5 nitrogen and oxygen atoms in total. The molecule has 1 fully saturated rings. The molecule has 1 saturated heterocycles. The van der Waals surface area contributed by atoms with E-state index >= 15 is 0 Å². The predicted molar refractivity (Wildman–Crippen MR) is 73.1 cm³/mol. The molecular formula is C13H22N4O. The van der Waals surface area contributed by atoms with Crippen LogP contribution in [0, 0.1) is 12.8 Å². The van der Waals surface area contributed by atoms with Crippen molar-refractivity contribution in [3.05, 3.63) is 11.9 Å². The maximum atomic E-state index is 5.52. The molecule has 2 rings (SSSR count). The summed E-state index contributed by atoms with van der Waals surface area (Å²) in [5.74, 6) is 2.50. The third kappa shape index (κ3) is 2.90. The molecule has 1 N–H and O–H groups in total. The summed E-state index contributed by atoms with van der Waals surface area (Å²) in [6.45, 7) is 4.82. The van der Waals surface area contributed by atoms with Crippen molar-refractivity contribution in [2.75, 3.05) is 44.1 Å². The van der Waals surface area contributed by atoms with Crippen LogP contribution in [0.5, 0.6) is 0 Å². The van der Waals surface area contributed by atoms with Crippen LogP contribution in [0.1, 0.15) is 18.4 Å². The lowest BCUT2D eigenvalue weighted by Gasteiger charge is -2.28. The fourth-order valence-corrected chi connectivity index (χ4v) is 2.50. The third-order valence-corrected chi connectivity index (χ3v) is 3.44. The fourth-order valence-electron chi connectivity index (χ4n) is 2.50. The first-order chi connectivity index (χ1) is 8.72. The number of ether oxygens (including phenoxy) is 1. The van der Waals surface area contributed by atoms with Crippen molar-refractivity contribution in [3.63, 3.8) is 0 Å². The summed E-state index contributed by atoms with van der Waals surface area (Å²) in [7, 11) is 3.97. The Morgan fingerprint density at radius 3 is 3.00 bits per heavy atom. The lowest BCUT2D eigenvalue weighted by molar-refractivity contribution is 0.0576. The molecule has 0 amide bonds. The van der Waals surface area contributed by atoms with Crippen LogP contribution >= 0.6 is 0 Å². The minimum Gasteiger partial charge on any atom is -0.381 e. The Bertz CT molecular complexity index is 391. The average molecular weight is 250 g/mol. The number of aromatic nitrogens is 2. The van der Waals surface area contributed by atoms with Crippen molar-refractivity contribution in [1.29, 1.82) is 0 Å². The van der Waals surface area contributed by atoms with E-state index in [0.717, 1.165) is 37.0 Å². The maximum absolute atomic E-state index is 5.52. The summed E-state index contributed by atoms with van der Waals surface area (Å²) in [6.07, 6.45) is 4.03. The zero-order valence-corrected chi connectivity index (χ0v) is 11.4. The lowest BCUT2D eigenvalue weighted by atomic mass is 10.0. The molecule has 0 aliphatic carbocycles. The number of hydrogen-bond acceptors (Lipinski definition) is 5. The topological polar surface area (TPSA) is 50.3 Å². The van der Waals surface area contributed by atoms with E-state index in [1.165, 1.54) is 12.8 Å². The van der Waals surface area contributed by atoms with Gasteiger partial charge in [-0.3, -0.25) is 0 Å². The van der Waals surface area contributed by atoms with Crippen LogP contribution in [-0.2, 0) is 4.74 Å². The van der Waals surface area contributed by atoms with Gasteiger partial charge in [-0.15, -0.1) is 0 Å². The maximum Gasteiger partial charge on any atom is 0.136 e. The second kappa shape index (κ2) is 6.00. The average Bonchev–Trinajstić information content (AvgIpc) is 2.40. The minimum absolute atomic E-state index is 0.608. The van der Waals surface area contributed by atoms with Crippen LogP contribution < -0.4 is 10.2 Å². The van der Waals surface area contributed by atoms with Crippen LogP contribution in [0.3, 0.4) is 0 Å². The Morgan fingerprint density at radius 2 is 2.33 bits per heavy atom. The quantitative estimate of drug-likeness (QED) is 0.881. The molecule has 0 bridgehead atoms. The van der Waals surface area contributed by atoms with Gasteiger partial charge in [0, 0.05) is 32.8 Å². The van der Waals surface area contributed by atoms with Crippen molar-refractivity contribution < 1.29 is 4.74 Å². The van der Waals surface area contributed by atoms with Gasteiger partial charge in [0.15, 0.2) is 0 Å². The highest BCUT2D eigenvalue weighted by Gasteiger charge is 2.18. The van der Waals surface area contributed by atoms with Gasteiger partial charge in [0.2, 0.25) is 0 Å². The molecule has 1 aliphatic rings. The highest BCUT2D eigenvalue weighted by molar-refractivity contribution is 5.57. The van der Waals surface area contributed by atoms with E-state index in [2.05, 4.69) is 34.2 Å². The van der Waals surface area contributed by atoms with E-state index in [0.29, 0.717) is 5.92 Å². The van der Waals surface area contributed by atoms with Crippen LogP contribution in [0.25, 0.3) is 0 Å². The van der Waals surface area contributed by atoms with Crippen molar-refractivity contribution in [2.24, 2.45) is 5.92 Å². The molecule has 0 spiro atoms. The Morgan fingerprint density at radius 1 is 1.50 bits per heavy atom. The first-order valence-electron chi connectivity index (χ1n) is 6.50. The van der Waals surface area contributed by atoms with E-state index in [9.17, 15) is 0 Å². The number of hydrogen-bond donors (Lipinski definition) is 1. The SMILES string of the molecule is CNc1ncnc(N(C)CC2CCCOC2)c1C. The van der Waals surface area contributed by atoms with E-state index in [-0.39, 0.29) is 0 Å².